The molecule has 0 aromatic heterocycles. The number of hydrogen-bond acceptors (Lipinski definition) is 3. The van der Waals surface area contributed by atoms with E-state index in [1.807, 2.05) is 0 Å². The SMILES string of the molecule is CNC(=O)CS(=O)(=O)CCF. The molecule has 4 nitrogen and oxygen atoms in total. The summed E-state index contributed by atoms with van der Waals surface area (Å²) in [4.78, 5) is 10.5. The predicted octanol–water partition coefficient (Wildman–Crippen LogP) is -0.883. The number of nitrogens with one attached hydrogen (secondary N) is 1. The molecule has 0 radical (unpaired) electrons. The molecular weight excluding hydrogens is 173 g/mol. The minimum absolute atomic E-state index is 0.583. The van der Waals surface area contributed by atoms with Gasteiger partial charge in [0.2, 0.25) is 5.91 Å². The van der Waals surface area contributed by atoms with Gasteiger partial charge in [-0.15, -0.1) is 0 Å². The van der Waals surface area contributed by atoms with E-state index in [9.17, 15) is 17.6 Å². The van der Waals surface area contributed by atoms with Gasteiger partial charge in [0, 0.05) is 7.05 Å². The Morgan fingerprint density at radius 1 is 1.55 bits per heavy atom. The van der Waals surface area contributed by atoms with E-state index in [1.54, 1.807) is 0 Å². The van der Waals surface area contributed by atoms with Gasteiger partial charge in [0.25, 0.3) is 0 Å². The quantitative estimate of drug-likeness (QED) is 0.615. The fourth-order valence-electron chi connectivity index (χ4n) is 0.462. The Morgan fingerprint density at radius 2 is 2.09 bits per heavy atom. The second kappa shape index (κ2) is 4.27. The van der Waals surface area contributed by atoms with Gasteiger partial charge in [-0.1, -0.05) is 0 Å². The van der Waals surface area contributed by atoms with E-state index in [2.05, 4.69) is 5.32 Å². The number of rotatable bonds is 4. The van der Waals surface area contributed by atoms with Crippen LogP contribution in [0.25, 0.3) is 0 Å². The lowest BCUT2D eigenvalue weighted by molar-refractivity contribution is -0.118. The molecular formula is C5H10FNO3S. The molecule has 6 heteroatoms. The van der Waals surface area contributed by atoms with E-state index in [0.29, 0.717) is 0 Å². The maximum atomic E-state index is 11.5. The first-order valence-electron chi connectivity index (χ1n) is 2.99. The zero-order valence-electron chi connectivity index (χ0n) is 6.13. The van der Waals surface area contributed by atoms with Crippen LogP contribution in [0.15, 0.2) is 0 Å². The summed E-state index contributed by atoms with van der Waals surface area (Å²) < 4.78 is 32.9. The standard InChI is InChI=1S/C5H10FNO3S/c1-7-5(8)4-11(9,10)3-2-6/h2-4H2,1H3,(H,7,8). The molecule has 1 amide bonds. The van der Waals surface area contributed by atoms with Crippen molar-refractivity contribution < 1.29 is 17.6 Å². The van der Waals surface area contributed by atoms with Crippen LogP contribution in [-0.4, -0.2) is 39.6 Å². The molecule has 0 bridgehead atoms. The summed E-state index contributed by atoms with van der Waals surface area (Å²) in [5, 5.41) is 2.14. The van der Waals surface area contributed by atoms with Gasteiger partial charge < -0.3 is 5.32 Å². The van der Waals surface area contributed by atoms with Gasteiger partial charge in [-0.25, -0.2) is 12.8 Å². The molecule has 0 aliphatic heterocycles. The van der Waals surface area contributed by atoms with E-state index in [-0.39, 0.29) is 0 Å². The maximum absolute atomic E-state index is 11.5. The minimum Gasteiger partial charge on any atom is -0.358 e. The third kappa shape index (κ3) is 4.72. The molecule has 11 heavy (non-hydrogen) atoms. The first kappa shape index (κ1) is 10.3. The average molecular weight is 183 g/mol. The zero-order chi connectivity index (χ0) is 8.91. The van der Waals surface area contributed by atoms with Gasteiger partial charge in [0.05, 0.1) is 5.75 Å². The van der Waals surface area contributed by atoms with Gasteiger partial charge in [-0.2, -0.15) is 0 Å². The van der Waals surface area contributed by atoms with Gasteiger partial charge in [0.15, 0.2) is 9.84 Å². The third-order valence-electron chi connectivity index (χ3n) is 1.02. The van der Waals surface area contributed by atoms with E-state index < -0.39 is 33.9 Å². The van der Waals surface area contributed by atoms with Crippen molar-refractivity contribution in [2.24, 2.45) is 0 Å². The van der Waals surface area contributed by atoms with Crippen molar-refractivity contribution in [3.63, 3.8) is 0 Å². The largest absolute Gasteiger partial charge is 0.358 e. The van der Waals surface area contributed by atoms with Crippen molar-refractivity contribution in [1.29, 1.82) is 0 Å². The molecule has 0 rings (SSSR count). The summed E-state index contributed by atoms with van der Waals surface area (Å²) in [5.74, 6) is -1.83. The Morgan fingerprint density at radius 3 is 2.45 bits per heavy atom. The third-order valence-corrected chi connectivity index (χ3v) is 2.50. The van der Waals surface area contributed by atoms with E-state index in [0.717, 1.165) is 0 Å². The fraction of sp³-hybridized carbons (Fsp3) is 0.800. The molecule has 66 valence electrons. The molecule has 0 fully saturated rings. The summed E-state index contributed by atoms with van der Waals surface area (Å²) in [6, 6.07) is 0. The molecule has 0 aliphatic rings. The van der Waals surface area contributed by atoms with Gasteiger partial charge in [-0.3, -0.25) is 4.79 Å². The van der Waals surface area contributed by atoms with Crippen molar-refractivity contribution in [3.8, 4) is 0 Å². The summed E-state index contributed by atoms with van der Waals surface area (Å²) in [5.41, 5.74) is 0. The van der Waals surface area contributed by atoms with Crippen LogP contribution in [0.1, 0.15) is 0 Å². The Balaban J connectivity index is 4.03. The molecule has 0 unspecified atom stereocenters. The van der Waals surface area contributed by atoms with Gasteiger partial charge in [0.1, 0.15) is 12.4 Å². The number of hydrogen-bond donors (Lipinski definition) is 1. The molecule has 0 aliphatic carbocycles. The Hall–Kier alpha value is -0.650. The topological polar surface area (TPSA) is 63.2 Å². The highest BCUT2D eigenvalue weighted by Gasteiger charge is 2.14. The minimum atomic E-state index is -3.53. The van der Waals surface area contributed by atoms with Crippen LogP contribution in [0.2, 0.25) is 0 Å². The fourth-order valence-corrected chi connectivity index (χ4v) is 1.38. The zero-order valence-corrected chi connectivity index (χ0v) is 6.95. The molecule has 0 saturated heterocycles. The lowest BCUT2D eigenvalue weighted by Crippen LogP contribution is -2.28. The van der Waals surface area contributed by atoms with Crippen LogP contribution >= 0.6 is 0 Å². The van der Waals surface area contributed by atoms with E-state index in [1.165, 1.54) is 7.05 Å². The smallest absolute Gasteiger partial charge is 0.234 e. The molecule has 0 saturated carbocycles. The summed E-state index contributed by atoms with van der Waals surface area (Å²) in [6.07, 6.45) is 0. The lowest BCUT2D eigenvalue weighted by Gasteiger charge is -1.98. The molecule has 0 aromatic carbocycles. The number of halogens is 1. The highest BCUT2D eigenvalue weighted by atomic mass is 32.2. The Labute approximate surface area is 64.7 Å². The summed E-state index contributed by atoms with van der Waals surface area (Å²) in [6.45, 7) is -0.945. The van der Waals surface area contributed by atoms with Crippen LogP contribution in [0.4, 0.5) is 4.39 Å². The van der Waals surface area contributed by atoms with E-state index >= 15 is 0 Å². The molecule has 0 heterocycles. The van der Waals surface area contributed by atoms with Crippen molar-refractivity contribution >= 4 is 15.7 Å². The van der Waals surface area contributed by atoms with Crippen LogP contribution in [0.5, 0.6) is 0 Å². The van der Waals surface area contributed by atoms with Crippen molar-refractivity contribution in [2.75, 3.05) is 25.2 Å². The average Bonchev–Trinajstić information content (AvgIpc) is 1.86. The van der Waals surface area contributed by atoms with E-state index in [4.69, 9.17) is 0 Å². The predicted molar refractivity (Wildman–Crippen MR) is 38.7 cm³/mol. The van der Waals surface area contributed by atoms with Crippen LogP contribution in [0, 0.1) is 0 Å². The normalized spacial score (nSPS) is 11.1. The van der Waals surface area contributed by atoms with Gasteiger partial charge in [-0.05, 0) is 0 Å². The maximum Gasteiger partial charge on any atom is 0.234 e. The number of amides is 1. The summed E-state index contributed by atoms with van der Waals surface area (Å²) in [7, 11) is -2.20. The lowest BCUT2D eigenvalue weighted by atomic mass is 10.7. The molecule has 0 aromatic rings. The monoisotopic (exact) mass is 183 g/mol. The first-order valence-corrected chi connectivity index (χ1v) is 4.81. The first-order chi connectivity index (χ1) is 5.02. The summed E-state index contributed by atoms with van der Waals surface area (Å²) >= 11 is 0. The van der Waals surface area contributed by atoms with Crippen LogP contribution in [0.3, 0.4) is 0 Å². The molecule has 1 N–H and O–H groups in total. The van der Waals surface area contributed by atoms with Crippen molar-refractivity contribution in [2.45, 2.75) is 0 Å². The number of sulfone groups is 1. The van der Waals surface area contributed by atoms with Crippen molar-refractivity contribution in [3.05, 3.63) is 0 Å². The highest BCUT2D eigenvalue weighted by Crippen LogP contribution is 1.89. The molecule has 0 spiro atoms. The van der Waals surface area contributed by atoms with Crippen LogP contribution < -0.4 is 5.32 Å². The second-order valence-electron chi connectivity index (χ2n) is 1.95. The van der Waals surface area contributed by atoms with Gasteiger partial charge >= 0.3 is 0 Å². The number of carbonyl (C=O) groups excluding carboxylic acids is 1. The number of alkyl halides is 1. The Kier molecular flexibility index (Phi) is 4.02. The second-order valence-corrected chi connectivity index (χ2v) is 4.14. The highest BCUT2D eigenvalue weighted by molar-refractivity contribution is 7.92. The van der Waals surface area contributed by atoms with Crippen LogP contribution in [-0.2, 0) is 14.6 Å². The Bertz CT molecular complexity index is 224. The molecule has 0 atom stereocenters. The van der Waals surface area contributed by atoms with Crippen molar-refractivity contribution in [1.82, 2.24) is 5.32 Å². The number of carbonyl (C=O) groups is 1.